The highest BCUT2D eigenvalue weighted by Crippen LogP contribution is 2.28. The van der Waals surface area contributed by atoms with E-state index in [-0.39, 0.29) is 5.91 Å². The van der Waals surface area contributed by atoms with E-state index in [1.165, 1.54) is 16.9 Å². The van der Waals surface area contributed by atoms with E-state index in [4.69, 9.17) is 0 Å². The van der Waals surface area contributed by atoms with Gasteiger partial charge in [-0.1, -0.05) is 35.9 Å². The summed E-state index contributed by atoms with van der Waals surface area (Å²) in [7, 11) is 0. The molecule has 3 heteroatoms. The third-order valence-corrected chi connectivity index (χ3v) is 3.55. The molecule has 1 aromatic carbocycles. The molecule has 1 N–H and O–H groups in total. The number of benzene rings is 1. The predicted molar refractivity (Wildman–Crippen MR) is 77.0 cm³/mol. The molecule has 0 aliphatic heterocycles. The number of carbonyl (C=O) groups excluding carboxylic acids is 1. The van der Waals surface area contributed by atoms with Gasteiger partial charge in [0.15, 0.2) is 0 Å². The Morgan fingerprint density at radius 3 is 2.72 bits per heavy atom. The second kappa shape index (κ2) is 5.65. The van der Waals surface area contributed by atoms with Crippen molar-refractivity contribution in [3.63, 3.8) is 0 Å². The highest BCUT2D eigenvalue weighted by atomic mass is 32.1. The van der Waals surface area contributed by atoms with Gasteiger partial charge >= 0.3 is 0 Å². The molecule has 92 valence electrons. The van der Waals surface area contributed by atoms with Crippen LogP contribution in [0.25, 0.3) is 11.1 Å². The van der Waals surface area contributed by atoms with Crippen molar-refractivity contribution in [2.75, 3.05) is 6.54 Å². The zero-order chi connectivity index (χ0) is 13.0. The fraction of sp³-hybridized carbons (Fsp3) is 0.133. The quantitative estimate of drug-likeness (QED) is 0.832. The second-order valence-electron chi connectivity index (χ2n) is 4.03. The first-order valence-corrected chi connectivity index (χ1v) is 6.64. The molecule has 0 saturated heterocycles. The van der Waals surface area contributed by atoms with Crippen LogP contribution in [0.2, 0.25) is 0 Å². The Balaban J connectivity index is 2.29. The number of rotatable bonds is 4. The number of nitrogens with one attached hydrogen (secondary N) is 1. The van der Waals surface area contributed by atoms with E-state index in [0.29, 0.717) is 6.54 Å². The lowest BCUT2D eigenvalue weighted by molar-refractivity contribution is 0.0962. The van der Waals surface area contributed by atoms with Gasteiger partial charge in [0.25, 0.3) is 5.91 Å². The molecule has 1 heterocycles. The van der Waals surface area contributed by atoms with Crippen LogP contribution in [0.5, 0.6) is 0 Å². The molecule has 0 radical (unpaired) electrons. The Hall–Kier alpha value is -1.87. The largest absolute Gasteiger partial charge is 0.348 e. The van der Waals surface area contributed by atoms with Crippen molar-refractivity contribution in [2.45, 2.75) is 6.92 Å². The maximum absolute atomic E-state index is 12.0. The third kappa shape index (κ3) is 2.68. The smallest absolute Gasteiger partial charge is 0.262 e. The van der Waals surface area contributed by atoms with Crippen LogP contribution in [0.1, 0.15) is 15.2 Å². The minimum Gasteiger partial charge on any atom is -0.348 e. The van der Waals surface area contributed by atoms with E-state index < -0.39 is 0 Å². The highest BCUT2D eigenvalue weighted by molar-refractivity contribution is 7.12. The number of carbonyl (C=O) groups is 1. The molecule has 1 aromatic heterocycles. The van der Waals surface area contributed by atoms with E-state index >= 15 is 0 Å². The number of hydrogen-bond donors (Lipinski definition) is 1. The maximum atomic E-state index is 12.0. The Kier molecular flexibility index (Phi) is 3.95. The van der Waals surface area contributed by atoms with Gasteiger partial charge in [-0.2, -0.15) is 0 Å². The number of hydrogen-bond acceptors (Lipinski definition) is 2. The molecule has 1 amide bonds. The minimum absolute atomic E-state index is 0.0412. The summed E-state index contributed by atoms with van der Waals surface area (Å²) in [6.07, 6.45) is 1.68. The summed E-state index contributed by atoms with van der Waals surface area (Å²) in [5.41, 5.74) is 3.28. The lowest BCUT2D eigenvalue weighted by Gasteiger charge is -2.05. The van der Waals surface area contributed by atoms with Crippen LogP contribution in [0, 0.1) is 6.92 Å². The summed E-state index contributed by atoms with van der Waals surface area (Å²) in [6.45, 7) is 6.13. The van der Waals surface area contributed by atoms with Crippen molar-refractivity contribution in [3.8, 4) is 11.1 Å². The number of thiophene rings is 1. The van der Waals surface area contributed by atoms with Crippen LogP contribution in [0.4, 0.5) is 0 Å². The fourth-order valence-corrected chi connectivity index (χ4v) is 2.52. The maximum Gasteiger partial charge on any atom is 0.262 e. The van der Waals surface area contributed by atoms with Gasteiger partial charge in [-0.3, -0.25) is 4.79 Å². The van der Waals surface area contributed by atoms with Crippen molar-refractivity contribution in [3.05, 3.63) is 58.8 Å². The normalized spacial score (nSPS) is 10.1. The molecular formula is C15H15NOS. The molecule has 0 unspecified atom stereocenters. The van der Waals surface area contributed by atoms with Crippen LogP contribution in [-0.2, 0) is 0 Å². The van der Waals surface area contributed by atoms with Crippen LogP contribution < -0.4 is 5.32 Å². The van der Waals surface area contributed by atoms with E-state index in [2.05, 4.69) is 31.0 Å². The SMILES string of the molecule is C=CCNC(=O)c1sccc1-c1ccc(C)cc1. The van der Waals surface area contributed by atoms with Crippen molar-refractivity contribution in [1.29, 1.82) is 0 Å². The van der Waals surface area contributed by atoms with Gasteiger partial charge in [0.2, 0.25) is 0 Å². The Bertz CT molecular complexity index is 554. The van der Waals surface area contributed by atoms with Gasteiger partial charge in [0, 0.05) is 12.1 Å². The summed E-state index contributed by atoms with van der Waals surface area (Å²) < 4.78 is 0. The fourth-order valence-electron chi connectivity index (χ4n) is 1.69. The van der Waals surface area contributed by atoms with Crippen molar-refractivity contribution in [2.24, 2.45) is 0 Å². The molecule has 0 saturated carbocycles. The van der Waals surface area contributed by atoms with E-state index in [9.17, 15) is 4.79 Å². The molecular weight excluding hydrogens is 242 g/mol. The lowest BCUT2D eigenvalue weighted by atomic mass is 10.0. The first-order chi connectivity index (χ1) is 8.72. The van der Waals surface area contributed by atoms with Crippen LogP contribution in [0.3, 0.4) is 0 Å². The van der Waals surface area contributed by atoms with Crippen LogP contribution >= 0.6 is 11.3 Å². The number of aryl methyl sites for hydroxylation is 1. The van der Waals surface area contributed by atoms with Gasteiger partial charge in [-0.25, -0.2) is 0 Å². The summed E-state index contributed by atoms with van der Waals surface area (Å²) in [5, 5.41) is 4.75. The van der Waals surface area contributed by atoms with Crippen LogP contribution in [-0.4, -0.2) is 12.5 Å². The lowest BCUT2D eigenvalue weighted by Crippen LogP contribution is -2.22. The van der Waals surface area contributed by atoms with Crippen LogP contribution in [0.15, 0.2) is 48.4 Å². The molecule has 0 aliphatic carbocycles. The molecule has 2 rings (SSSR count). The molecule has 18 heavy (non-hydrogen) atoms. The van der Waals surface area contributed by atoms with Crippen molar-refractivity contribution >= 4 is 17.2 Å². The molecule has 0 spiro atoms. The topological polar surface area (TPSA) is 29.1 Å². The first kappa shape index (κ1) is 12.6. The Morgan fingerprint density at radius 1 is 1.33 bits per heavy atom. The molecule has 2 nitrogen and oxygen atoms in total. The molecule has 0 fully saturated rings. The number of amides is 1. The summed E-state index contributed by atoms with van der Waals surface area (Å²) in [5.74, 6) is -0.0412. The van der Waals surface area contributed by atoms with Crippen molar-refractivity contribution < 1.29 is 4.79 Å². The van der Waals surface area contributed by atoms with Gasteiger partial charge < -0.3 is 5.32 Å². The molecule has 0 aliphatic rings. The van der Waals surface area contributed by atoms with E-state index in [1.807, 2.05) is 23.6 Å². The predicted octanol–water partition coefficient (Wildman–Crippen LogP) is 3.64. The van der Waals surface area contributed by atoms with Crippen molar-refractivity contribution in [1.82, 2.24) is 5.32 Å². The van der Waals surface area contributed by atoms with E-state index in [0.717, 1.165) is 16.0 Å². The monoisotopic (exact) mass is 257 g/mol. The zero-order valence-electron chi connectivity index (χ0n) is 10.3. The van der Waals surface area contributed by atoms with Gasteiger partial charge in [0.05, 0.1) is 4.88 Å². The highest BCUT2D eigenvalue weighted by Gasteiger charge is 2.13. The average Bonchev–Trinajstić information content (AvgIpc) is 2.86. The summed E-state index contributed by atoms with van der Waals surface area (Å²) >= 11 is 1.46. The summed E-state index contributed by atoms with van der Waals surface area (Å²) in [6, 6.07) is 10.2. The zero-order valence-corrected chi connectivity index (χ0v) is 11.1. The molecule has 0 atom stereocenters. The Labute approximate surface area is 111 Å². The average molecular weight is 257 g/mol. The molecule has 2 aromatic rings. The molecule has 0 bridgehead atoms. The standard InChI is InChI=1S/C15H15NOS/c1-3-9-16-15(17)14-13(8-10-18-14)12-6-4-11(2)5-7-12/h3-8,10H,1,9H2,2H3,(H,16,17). The minimum atomic E-state index is -0.0412. The second-order valence-corrected chi connectivity index (χ2v) is 4.94. The third-order valence-electron chi connectivity index (χ3n) is 2.64. The van der Waals surface area contributed by atoms with Gasteiger partial charge in [-0.15, -0.1) is 17.9 Å². The van der Waals surface area contributed by atoms with Gasteiger partial charge in [0.1, 0.15) is 0 Å². The first-order valence-electron chi connectivity index (χ1n) is 5.76. The summed E-state index contributed by atoms with van der Waals surface area (Å²) in [4.78, 5) is 12.7. The Morgan fingerprint density at radius 2 is 2.06 bits per heavy atom. The van der Waals surface area contributed by atoms with E-state index in [1.54, 1.807) is 6.08 Å². The van der Waals surface area contributed by atoms with Gasteiger partial charge in [-0.05, 0) is 23.9 Å².